The van der Waals surface area contributed by atoms with Gasteiger partial charge in [0, 0.05) is 43.6 Å². The molecule has 0 aliphatic heterocycles. The van der Waals surface area contributed by atoms with Crippen molar-refractivity contribution in [2.75, 3.05) is 0 Å². The van der Waals surface area contributed by atoms with Crippen LogP contribution in [0.5, 0.6) is 0 Å². The minimum Gasteiger partial charge on any atom is -0.478 e. The molecule has 0 saturated carbocycles. The van der Waals surface area contributed by atoms with Crippen molar-refractivity contribution in [3.63, 3.8) is 0 Å². The Kier molecular flexibility index (Phi) is 6.27. The molecule has 10 heteroatoms. The second-order valence-corrected chi connectivity index (χ2v) is 5.36. The third-order valence-corrected chi connectivity index (χ3v) is 3.69. The number of carbonyl (C=O) groups is 3. The maximum Gasteiger partial charge on any atom is 0.336 e. The molecule has 0 aliphatic carbocycles. The van der Waals surface area contributed by atoms with E-state index in [4.69, 9.17) is 5.11 Å². The van der Waals surface area contributed by atoms with E-state index in [0.29, 0.717) is 0 Å². The Labute approximate surface area is 170 Å². The summed E-state index contributed by atoms with van der Waals surface area (Å²) in [6.45, 7) is 0. The fraction of sp³-hybridized carbons (Fsp3) is 0. The Morgan fingerprint density at radius 3 is 1.71 bits per heavy atom. The molecule has 0 aliphatic rings. The van der Waals surface area contributed by atoms with Gasteiger partial charge in [0.05, 0.1) is 33.8 Å². The Bertz CT molecular complexity index is 1090. The maximum atomic E-state index is 11.7. The van der Waals surface area contributed by atoms with Crippen LogP contribution in [0.4, 0.5) is 0 Å². The van der Waals surface area contributed by atoms with Gasteiger partial charge in [-0.15, -0.1) is 0 Å². The molecule has 0 saturated heterocycles. The molecule has 0 aromatic carbocycles. The summed E-state index contributed by atoms with van der Waals surface area (Å²) in [7, 11) is 0. The van der Waals surface area contributed by atoms with Gasteiger partial charge >= 0.3 is 17.9 Å². The van der Waals surface area contributed by atoms with Crippen molar-refractivity contribution in [1.29, 1.82) is 0 Å². The van der Waals surface area contributed by atoms with Crippen LogP contribution in [-0.4, -0.2) is 48.2 Å². The van der Waals surface area contributed by atoms with Crippen LogP contribution in [0.15, 0.2) is 48.9 Å². The predicted molar refractivity (Wildman–Crippen MR) is 91.6 cm³/mol. The molecule has 142 valence electrons. The fourth-order valence-corrected chi connectivity index (χ4v) is 2.49. The maximum absolute atomic E-state index is 11.7. The quantitative estimate of drug-likeness (QED) is 0.481. The van der Waals surface area contributed by atoms with Crippen LogP contribution in [0.2, 0.25) is 0 Å². The zero-order chi connectivity index (χ0) is 19.6. The number of nitrogens with zero attached hydrogens (tertiary/aromatic N) is 3. The van der Waals surface area contributed by atoms with Gasteiger partial charge < -0.3 is 15.3 Å². The number of carboxylic acids is 3. The summed E-state index contributed by atoms with van der Waals surface area (Å²) in [6.07, 6.45) is 3.75. The minimum absolute atomic E-state index is 0. The molecule has 9 nitrogen and oxygen atoms in total. The molecular weight excluding hydrogens is 455 g/mol. The van der Waals surface area contributed by atoms with E-state index < -0.39 is 17.9 Å². The van der Waals surface area contributed by atoms with Gasteiger partial charge in [-0.05, 0) is 30.3 Å². The summed E-state index contributed by atoms with van der Waals surface area (Å²) in [5.74, 6) is -3.65. The third kappa shape index (κ3) is 4.07. The first-order valence-corrected chi connectivity index (χ1v) is 7.50. The number of rotatable bonds is 5. The Morgan fingerprint density at radius 2 is 1.18 bits per heavy atom. The standard InChI is InChI=1S/C18H11N3O6.Ru/c22-16(23)9-1-4-19-12(7-9)14-11(18(26)27)3-6-21-15(14)13-8-10(17(24)25)2-5-20-13;/h1-8H,(H,22,23)(H,24,25)(H,26,27);. The van der Waals surface area contributed by atoms with Gasteiger partial charge in [0.25, 0.3) is 0 Å². The van der Waals surface area contributed by atoms with Gasteiger partial charge in [0.2, 0.25) is 0 Å². The summed E-state index contributed by atoms with van der Waals surface area (Å²) in [5.41, 5.74) is 0.00121. The fourth-order valence-electron chi connectivity index (χ4n) is 2.49. The third-order valence-electron chi connectivity index (χ3n) is 3.69. The van der Waals surface area contributed by atoms with Crippen molar-refractivity contribution in [1.82, 2.24) is 15.0 Å². The smallest absolute Gasteiger partial charge is 0.336 e. The van der Waals surface area contributed by atoms with Crippen LogP contribution in [0.3, 0.4) is 0 Å². The van der Waals surface area contributed by atoms with Crippen molar-refractivity contribution in [2.45, 2.75) is 0 Å². The van der Waals surface area contributed by atoms with E-state index in [1.165, 1.54) is 48.9 Å². The molecule has 0 amide bonds. The summed E-state index contributed by atoms with van der Waals surface area (Å²) in [4.78, 5) is 46.4. The number of carboxylic acid groups (broad SMARTS) is 3. The van der Waals surface area contributed by atoms with E-state index >= 15 is 0 Å². The first-order chi connectivity index (χ1) is 12.9. The zero-order valence-corrected chi connectivity index (χ0v) is 15.6. The van der Waals surface area contributed by atoms with E-state index in [1.54, 1.807) is 0 Å². The Hall–Kier alpha value is -3.52. The largest absolute Gasteiger partial charge is 0.478 e. The summed E-state index contributed by atoms with van der Waals surface area (Å²) < 4.78 is 0. The normalized spacial score (nSPS) is 10.0. The van der Waals surface area contributed by atoms with Gasteiger partial charge in [0.15, 0.2) is 0 Å². The number of aromatic carboxylic acids is 3. The average Bonchev–Trinajstić information content (AvgIpc) is 2.67. The molecule has 0 atom stereocenters. The van der Waals surface area contributed by atoms with E-state index in [-0.39, 0.29) is 58.8 Å². The van der Waals surface area contributed by atoms with E-state index in [0.717, 1.165) is 0 Å². The molecule has 0 bridgehead atoms. The summed E-state index contributed by atoms with van der Waals surface area (Å²) in [5, 5.41) is 27.9. The molecule has 3 aromatic rings. The van der Waals surface area contributed by atoms with Crippen molar-refractivity contribution < 1.29 is 49.2 Å². The van der Waals surface area contributed by atoms with Crippen molar-refractivity contribution in [2.24, 2.45) is 0 Å². The van der Waals surface area contributed by atoms with Crippen molar-refractivity contribution in [3.05, 3.63) is 65.6 Å². The Balaban J connectivity index is 0.00000280. The first-order valence-electron chi connectivity index (χ1n) is 7.50. The summed E-state index contributed by atoms with van der Waals surface area (Å²) >= 11 is 0. The molecule has 3 heterocycles. The van der Waals surface area contributed by atoms with Gasteiger partial charge in [-0.25, -0.2) is 14.4 Å². The van der Waals surface area contributed by atoms with E-state index in [1.807, 2.05) is 0 Å². The van der Waals surface area contributed by atoms with Crippen LogP contribution in [-0.2, 0) is 19.5 Å². The molecule has 3 aromatic heterocycles. The number of hydrogen-bond acceptors (Lipinski definition) is 6. The van der Waals surface area contributed by atoms with Crippen LogP contribution >= 0.6 is 0 Å². The zero-order valence-electron chi connectivity index (χ0n) is 13.9. The minimum atomic E-state index is -1.27. The van der Waals surface area contributed by atoms with Crippen molar-refractivity contribution >= 4 is 17.9 Å². The van der Waals surface area contributed by atoms with Crippen LogP contribution in [0.25, 0.3) is 22.6 Å². The molecule has 28 heavy (non-hydrogen) atoms. The first kappa shape index (κ1) is 20.8. The predicted octanol–water partition coefficient (Wildman–Crippen LogP) is 2.30. The van der Waals surface area contributed by atoms with Crippen molar-refractivity contribution in [3.8, 4) is 22.6 Å². The van der Waals surface area contributed by atoms with Gasteiger partial charge in [0.1, 0.15) is 0 Å². The van der Waals surface area contributed by atoms with E-state index in [2.05, 4.69) is 15.0 Å². The molecule has 3 rings (SSSR count). The molecule has 0 fully saturated rings. The summed E-state index contributed by atoms with van der Waals surface area (Å²) in [6, 6.07) is 6.27. The SMILES string of the molecule is O=C(O)c1ccnc(-c2nccc(C(=O)O)c2-c2cc(C(=O)O)ccn2)c1.[Ru]. The molecule has 0 radical (unpaired) electrons. The van der Waals surface area contributed by atoms with Crippen LogP contribution in [0, 0.1) is 0 Å². The number of pyridine rings is 3. The van der Waals surface area contributed by atoms with Crippen LogP contribution in [0.1, 0.15) is 31.1 Å². The number of hydrogen-bond donors (Lipinski definition) is 3. The average molecular weight is 466 g/mol. The number of aromatic nitrogens is 3. The van der Waals surface area contributed by atoms with Gasteiger partial charge in [-0.2, -0.15) is 0 Å². The van der Waals surface area contributed by atoms with Crippen LogP contribution < -0.4 is 0 Å². The van der Waals surface area contributed by atoms with E-state index in [9.17, 15) is 24.6 Å². The molecular formula is C18H11N3O6Ru. The second-order valence-electron chi connectivity index (χ2n) is 5.36. The van der Waals surface area contributed by atoms with Gasteiger partial charge in [-0.3, -0.25) is 15.0 Å². The second kappa shape index (κ2) is 8.45. The Morgan fingerprint density at radius 1 is 0.679 bits per heavy atom. The molecule has 3 N–H and O–H groups in total. The molecule has 0 unspecified atom stereocenters. The molecule has 0 spiro atoms. The topological polar surface area (TPSA) is 151 Å². The van der Waals surface area contributed by atoms with Gasteiger partial charge in [-0.1, -0.05) is 0 Å². The monoisotopic (exact) mass is 467 g/mol.